The standard InChI is InChI=1S/C15H13BrIN3O/c1-3-12(5-4-9(2)16)20-8-10-6-11(17)7-13(15(18)21)14(10)19-20/h3-8H,1H2,2H3,(H2,18,21)/b9-4+,12-5+. The highest BCUT2D eigenvalue weighted by molar-refractivity contribution is 14.1. The summed E-state index contributed by atoms with van der Waals surface area (Å²) in [6.45, 7) is 5.73. The maximum Gasteiger partial charge on any atom is 0.251 e. The number of aromatic nitrogens is 2. The Morgan fingerprint density at radius 3 is 2.76 bits per heavy atom. The number of hydrogen-bond donors (Lipinski definition) is 1. The molecule has 0 aliphatic carbocycles. The van der Waals surface area contributed by atoms with Gasteiger partial charge in [-0.15, -0.1) is 0 Å². The van der Waals surface area contributed by atoms with Crippen molar-refractivity contribution in [1.82, 2.24) is 9.78 Å². The number of carbonyl (C=O) groups is 1. The second-order valence-electron chi connectivity index (χ2n) is 4.38. The number of amides is 1. The Hall–Kier alpha value is -1.41. The van der Waals surface area contributed by atoms with Crippen molar-refractivity contribution in [3.63, 3.8) is 0 Å². The van der Waals surface area contributed by atoms with E-state index in [0.717, 1.165) is 19.1 Å². The Morgan fingerprint density at radius 1 is 1.48 bits per heavy atom. The molecule has 0 saturated heterocycles. The summed E-state index contributed by atoms with van der Waals surface area (Å²) in [6.07, 6.45) is 7.35. The summed E-state index contributed by atoms with van der Waals surface area (Å²) < 4.78 is 3.62. The SMILES string of the molecule is C=C/C(=C\C=C(/C)Br)n1cc2cc(I)cc(C(N)=O)c2n1. The molecule has 108 valence electrons. The first-order valence-corrected chi connectivity index (χ1v) is 7.95. The fraction of sp³-hybridized carbons (Fsp3) is 0.0667. The molecule has 0 bridgehead atoms. The van der Waals surface area contributed by atoms with Crippen molar-refractivity contribution in [3.8, 4) is 0 Å². The normalized spacial score (nSPS) is 12.7. The Balaban J connectivity index is 2.65. The molecule has 21 heavy (non-hydrogen) atoms. The molecule has 2 N–H and O–H groups in total. The van der Waals surface area contributed by atoms with Crippen molar-refractivity contribution in [3.05, 3.63) is 56.8 Å². The molecule has 0 aliphatic heterocycles. The van der Waals surface area contributed by atoms with Gasteiger partial charge in [-0.1, -0.05) is 28.6 Å². The highest BCUT2D eigenvalue weighted by Gasteiger charge is 2.12. The molecule has 0 spiro atoms. The lowest BCUT2D eigenvalue weighted by atomic mass is 10.1. The predicted molar refractivity (Wildman–Crippen MR) is 98.1 cm³/mol. The van der Waals surface area contributed by atoms with Crippen LogP contribution < -0.4 is 5.73 Å². The van der Waals surface area contributed by atoms with Crippen LogP contribution in [0.5, 0.6) is 0 Å². The molecular formula is C15H13BrIN3O. The summed E-state index contributed by atoms with van der Waals surface area (Å²) in [5.74, 6) is -0.482. The van der Waals surface area contributed by atoms with Crippen molar-refractivity contribution in [2.24, 2.45) is 5.73 Å². The lowest BCUT2D eigenvalue weighted by Crippen LogP contribution is -2.12. The van der Waals surface area contributed by atoms with Crippen molar-refractivity contribution < 1.29 is 4.79 Å². The molecule has 1 heterocycles. The van der Waals surface area contributed by atoms with E-state index in [1.165, 1.54) is 0 Å². The number of hydrogen-bond acceptors (Lipinski definition) is 2. The van der Waals surface area contributed by atoms with E-state index in [-0.39, 0.29) is 0 Å². The molecule has 2 rings (SSSR count). The number of carbonyl (C=O) groups excluding carboxylic acids is 1. The van der Waals surface area contributed by atoms with Gasteiger partial charge in [0.1, 0.15) is 5.52 Å². The largest absolute Gasteiger partial charge is 0.366 e. The number of allylic oxidation sites excluding steroid dienone is 5. The second-order valence-corrected chi connectivity index (χ2v) is 6.87. The van der Waals surface area contributed by atoms with E-state index in [4.69, 9.17) is 5.73 Å². The van der Waals surface area contributed by atoms with Crippen LogP contribution >= 0.6 is 38.5 Å². The zero-order valence-electron chi connectivity index (χ0n) is 11.3. The van der Waals surface area contributed by atoms with E-state index in [9.17, 15) is 4.79 Å². The van der Waals surface area contributed by atoms with E-state index in [1.54, 1.807) is 16.8 Å². The van der Waals surface area contributed by atoms with Crippen LogP contribution in [0.15, 0.2) is 47.6 Å². The van der Waals surface area contributed by atoms with Gasteiger partial charge in [0.25, 0.3) is 5.91 Å². The molecular weight excluding hydrogens is 445 g/mol. The number of benzene rings is 1. The highest BCUT2D eigenvalue weighted by Crippen LogP contribution is 2.22. The summed E-state index contributed by atoms with van der Waals surface area (Å²) in [7, 11) is 0. The van der Waals surface area contributed by atoms with Crippen LogP contribution in [-0.4, -0.2) is 15.7 Å². The van der Waals surface area contributed by atoms with Crippen molar-refractivity contribution >= 4 is 61.0 Å². The number of fused-ring (bicyclic) bond motifs is 1. The first kappa shape index (κ1) is 16.0. The quantitative estimate of drug-likeness (QED) is 0.555. The number of rotatable bonds is 4. The molecule has 0 fully saturated rings. The summed E-state index contributed by atoms with van der Waals surface area (Å²) in [6, 6.07) is 3.69. The summed E-state index contributed by atoms with van der Waals surface area (Å²) in [5, 5.41) is 5.32. The molecule has 0 unspecified atom stereocenters. The zero-order valence-corrected chi connectivity index (χ0v) is 15.1. The number of primary amides is 1. The fourth-order valence-electron chi connectivity index (χ4n) is 1.86. The first-order chi connectivity index (χ1) is 9.92. The predicted octanol–water partition coefficient (Wildman–Crippen LogP) is 4.07. The topological polar surface area (TPSA) is 60.9 Å². The molecule has 6 heteroatoms. The third-order valence-electron chi connectivity index (χ3n) is 2.80. The monoisotopic (exact) mass is 457 g/mol. The lowest BCUT2D eigenvalue weighted by Gasteiger charge is -2.00. The van der Waals surface area contributed by atoms with Crippen LogP contribution in [0.4, 0.5) is 0 Å². The average molecular weight is 458 g/mol. The van der Waals surface area contributed by atoms with Gasteiger partial charge in [-0.2, -0.15) is 5.10 Å². The van der Waals surface area contributed by atoms with Gasteiger partial charge < -0.3 is 5.73 Å². The van der Waals surface area contributed by atoms with Crippen LogP contribution in [0.3, 0.4) is 0 Å². The molecule has 0 atom stereocenters. The maximum absolute atomic E-state index is 11.5. The molecule has 0 saturated carbocycles. The molecule has 1 aromatic carbocycles. The number of nitrogens with two attached hydrogens (primary N) is 1. The van der Waals surface area contributed by atoms with Crippen LogP contribution in [0.1, 0.15) is 17.3 Å². The van der Waals surface area contributed by atoms with E-state index in [0.29, 0.717) is 11.1 Å². The van der Waals surface area contributed by atoms with Gasteiger partial charge in [-0.05, 0) is 58.3 Å². The Kier molecular flexibility index (Phi) is 5.00. The van der Waals surface area contributed by atoms with Crippen LogP contribution in [0.2, 0.25) is 0 Å². The Bertz CT molecular complexity index is 786. The molecule has 4 nitrogen and oxygen atoms in total. The van der Waals surface area contributed by atoms with Gasteiger partial charge in [-0.25, -0.2) is 4.68 Å². The van der Waals surface area contributed by atoms with Gasteiger partial charge in [0, 0.05) is 15.2 Å². The van der Waals surface area contributed by atoms with Crippen molar-refractivity contribution in [2.45, 2.75) is 6.92 Å². The van der Waals surface area contributed by atoms with E-state index >= 15 is 0 Å². The van der Waals surface area contributed by atoms with E-state index in [2.05, 4.69) is 50.2 Å². The average Bonchev–Trinajstić information content (AvgIpc) is 2.81. The third kappa shape index (κ3) is 3.62. The molecule has 1 amide bonds. The van der Waals surface area contributed by atoms with E-state index in [1.807, 2.05) is 31.3 Å². The first-order valence-electron chi connectivity index (χ1n) is 6.08. The van der Waals surface area contributed by atoms with Gasteiger partial charge in [0.05, 0.1) is 11.3 Å². The van der Waals surface area contributed by atoms with Gasteiger partial charge in [0.15, 0.2) is 0 Å². The van der Waals surface area contributed by atoms with Gasteiger partial charge in [-0.3, -0.25) is 4.79 Å². The van der Waals surface area contributed by atoms with Crippen LogP contribution in [0, 0.1) is 3.57 Å². The minimum atomic E-state index is -0.482. The van der Waals surface area contributed by atoms with Crippen molar-refractivity contribution in [2.75, 3.05) is 0 Å². The minimum absolute atomic E-state index is 0.422. The summed E-state index contributed by atoms with van der Waals surface area (Å²) >= 11 is 5.52. The Morgan fingerprint density at radius 2 is 2.19 bits per heavy atom. The fourth-order valence-corrected chi connectivity index (χ4v) is 2.64. The zero-order chi connectivity index (χ0) is 15.6. The third-order valence-corrected chi connectivity index (χ3v) is 3.68. The number of halogens is 2. The maximum atomic E-state index is 11.5. The van der Waals surface area contributed by atoms with Gasteiger partial charge >= 0.3 is 0 Å². The smallest absolute Gasteiger partial charge is 0.251 e. The molecule has 0 aliphatic rings. The molecule has 2 aromatic rings. The van der Waals surface area contributed by atoms with E-state index < -0.39 is 5.91 Å². The summed E-state index contributed by atoms with van der Waals surface area (Å²) in [4.78, 5) is 11.5. The highest BCUT2D eigenvalue weighted by atomic mass is 127. The summed E-state index contributed by atoms with van der Waals surface area (Å²) in [5.41, 5.74) is 7.24. The van der Waals surface area contributed by atoms with Crippen LogP contribution in [0.25, 0.3) is 16.6 Å². The Labute approximate surface area is 144 Å². The van der Waals surface area contributed by atoms with Gasteiger partial charge in [0.2, 0.25) is 0 Å². The molecule has 1 aromatic heterocycles. The molecule has 0 radical (unpaired) electrons. The van der Waals surface area contributed by atoms with Crippen LogP contribution in [-0.2, 0) is 0 Å². The number of nitrogens with zero attached hydrogens (tertiary/aromatic N) is 2. The lowest BCUT2D eigenvalue weighted by molar-refractivity contribution is 0.100. The minimum Gasteiger partial charge on any atom is -0.366 e. The second kappa shape index (κ2) is 6.57. The van der Waals surface area contributed by atoms with Crippen molar-refractivity contribution in [1.29, 1.82) is 0 Å².